The summed E-state index contributed by atoms with van der Waals surface area (Å²) in [4.78, 5) is 12.5. The van der Waals surface area contributed by atoms with E-state index in [2.05, 4.69) is 17.0 Å². The van der Waals surface area contributed by atoms with Crippen molar-refractivity contribution in [1.29, 1.82) is 0 Å². The Morgan fingerprint density at radius 2 is 1.79 bits per heavy atom. The largest absolute Gasteiger partial charge is 0.495 e. The first-order valence-electron chi connectivity index (χ1n) is 9.47. The zero-order chi connectivity index (χ0) is 20.1. The van der Waals surface area contributed by atoms with E-state index in [0.717, 1.165) is 25.7 Å². The number of carbonyl (C=O) groups is 1. The minimum absolute atomic E-state index is 0.0199. The highest BCUT2D eigenvalue weighted by molar-refractivity contribution is 7.89. The van der Waals surface area contributed by atoms with Crippen LogP contribution in [0.4, 0.5) is 5.69 Å². The first kappa shape index (κ1) is 20.4. The Balaban J connectivity index is 1.86. The van der Waals surface area contributed by atoms with Crippen LogP contribution in [0.2, 0.25) is 0 Å². The van der Waals surface area contributed by atoms with Crippen molar-refractivity contribution in [2.45, 2.75) is 43.5 Å². The van der Waals surface area contributed by atoms with Crippen LogP contribution in [0, 0.1) is 5.92 Å². The molecule has 0 heterocycles. The van der Waals surface area contributed by atoms with Crippen LogP contribution in [0.25, 0.3) is 0 Å². The van der Waals surface area contributed by atoms with E-state index in [9.17, 15) is 13.2 Å². The zero-order valence-electron chi connectivity index (χ0n) is 16.1. The molecule has 1 aliphatic carbocycles. The third kappa shape index (κ3) is 4.72. The SMILES string of the molecule is COc1ccc(C(=O)Nc2ccccc2)cc1S(=O)(=O)NC1CCCCC1C. The van der Waals surface area contributed by atoms with Crippen molar-refractivity contribution in [1.82, 2.24) is 4.72 Å². The van der Waals surface area contributed by atoms with Crippen LogP contribution in [-0.4, -0.2) is 27.5 Å². The molecule has 1 aliphatic rings. The Labute approximate surface area is 166 Å². The van der Waals surface area contributed by atoms with Crippen molar-refractivity contribution in [3.8, 4) is 5.75 Å². The van der Waals surface area contributed by atoms with Crippen LogP contribution in [0.3, 0.4) is 0 Å². The number of rotatable bonds is 6. The van der Waals surface area contributed by atoms with E-state index in [1.807, 2.05) is 18.2 Å². The molecule has 150 valence electrons. The first-order chi connectivity index (χ1) is 13.4. The van der Waals surface area contributed by atoms with Crippen LogP contribution in [0.15, 0.2) is 53.4 Å². The number of anilines is 1. The van der Waals surface area contributed by atoms with Crippen LogP contribution in [0.1, 0.15) is 43.0 Å². The van der Waals surface area contributed by atoms with Gasteiger partial charge in [-0.05, 0) is 49.1 Å². The molecule has 0 bridgehead atoms. The summed E-state index contributed by atoms with van der Waals surface area (Å²) in [6.45, 7) is 2.06. The molecule has 6 nitrogen and oxygen atoms in total. The van der Waals surface area contributed by atoms with Crippen molar-refractivity contribution in [2.24, 2.45) is 5.92 Å². The summed E-state index contributed by atoms with van der Waals surface area (Å²) < 4.78 is 34.1. The van der Waals surface area contributed by atoms with Gasteiger partial charge in [-0.2, -0.15) is 0 Å². The highest BCUT2D eigenvalue weighted by Crippen LogP contribution is 2.29. The molecule has 0 spiro atoms. The second kappa shape index (κ2) is 8.75. The minimum atomic E-state index is -3.82. The number of hydrogen-bond acceptors (Lipinski definition) is 4. The number of methoxy groups -OCH3 is 1. The molecule has 7 heteroatoms. The van der Waals surface area contributed by atoms with E-state index < -0.39 is 10.0 Å². The van der Waals surface area contributed by atoms with Gasteiger partial charge in [0.1, 0.15) is 10.6 Å². The van der Waals surface area contributed by atoms with E-state index >= 15 is 0 Å². The quantitative estimate of drug-likeness (QED) is 0.770. The standard InChI is InChI=1S/C21H26N2O4S/c1-15-8-6-7-11-18(15)23-28(25,26)20-14-16(12-13-19(20)27-2)21(24)22-17-9-4-3-5-10-17/h3-5,9-10,12-15,18,23H,6-8,11H2,1-2H3,(H,22,24). The fraction of sp³-hybridized carbons (Fsp3) is 0.381. The fourth-order valence-electron chi connectivity index (χ4n) is 3.51. The van der Waals surface area contributed by atoms with Gasteiger partial charge in [-0.15, -0.1) is 0 Å². The zero-order valence-corrected chi connectivity index (χ0v) is 17.0. The normalized spacial score (nSPS) is 19.8. The van der Waals surface area contributed by atoms with E-state index in [-0.39, 0.29) is 34.1 Å². The van der Waals surface area contributed by atoms with Gasteiger partial charge >= 0.3 is 0 Å². The number of ether oxygens (including phenoxy) is 1. The number of nitrogens with one attached hydrogen (secondary N) is 2. The van der Waals surface area contributed by atoms with Crippen LogP contribution >= 0.6 is 0 Å². The number of hydrogen-bond donors (Lipinski definition) is 2. The number of sulfonamides is 1. The molecular weight excluding hydrogens is 376 g/mol. The lowest BCUT2D eigenvalue weighted by Crippen LogP contribution is -2.41. The average Bonchev–Trinajstić information content (AvgIpc) is 2.70. The topological polar surface area (TPSA) is 84.5 Å². The molecule has 1 fully saturated rings. The second-order valence-electron chi connectivity index (χ2n) is 7.18. The Hall–Kier alpha value is -2.38. The molecule has 1 amide bonds. The van der Waals surface area contributed by atoms with Gasteiger partial charge in [-0.3, -0.25) is 4.79 Å². The summed E-state index contributed by atoms with van der Waals surface area (Å²) in [7, 11) is -2.40. The van der Waals surface area contributed by atoms with Crippen LogP contribution in [0.5, 0.6) is 5.75 Å². The first-order valence-corrected chi connectivity index (χ1v) is 11.0. The predicted molar refractivity (Wildman–Crippen MR) is 109 cm³/mol. The van der Waals surface area contributed by atoms with Gasteiger partial charge in [0.2, 0.25) is 10.0 Å². The smallest absolute Gasteiger partial charge is 0.255 e. The maximum atomic E-state index is 13.0. The van der Waals surface area contributed by atoms with Crippen LogP contribution < -0.4 is 14.8 Å². The molecule has 2 N–H and O–H groups in total. The summed E-state index contributed by atoms with van der Waals surface area (Å²) in [5, 5.41) is 2.77. The third-order valence-corrected chi connectivity index (χ3v) is 6.68. The van der Waals surface area contributed by atoms with Crippen molar-refractivity contribution in [2.75, 3.05) is 12.4 Å². The van der Waals surface area contributed by atoms with Crippen molar-refractivity contribution >= 4 is 21.6 Å². The maximum Gasteiger partial charge on any atom is 0.255 e. The van der Waals surface area contributed by atoms with Gasteiger partial charge in [0.25, 0.3) is 5.91 Å². The molecule has 2 atom stereocenters. The van der Waals surface area contributed by atoms with Gasteiger partial charge in [-0.25, -0.2) is 13.1 Å². The number of benzene rings is 2. The summed E-state index contributed by atoms with van der Waals surface area (Å²) in [6.07, 6.45) is 3.95. The van der Waals surface area contributed by atoms with E-state index in [1.54, 1.807) is 18.2 Å². The second-order valence-corrected chi connectivity index (χ2v) is 8.86. The molecule has 28 heavy (non-hydrogen) atoms. The summed E-state index contributed by atoms with van der Waals surface area (Å²) in [5.74, 6) is 0.114. The molecule has 0 aliphatic heterocycles. The minimum Gasteiger partial charge on any atom is -0.495 e. The molecule has 2 aromatic carbocycles. The van der Waals surface area contributed by atoms with Crippen LogP contribution in [-0.2, 0) is 10.0 Å². The molecule has 0 saturated heterocycles. The number of para-hydroxylation sites is 1. The Morgan fingerprint density at radius 3 is 2.46 bits per heavy atom. The van der Waals surface area contributed by atoms with Crippen molar-refractivity contribution in [3.63, 3.8) is 0 Å². The Morgan fingerprint density at radius 1 is 1.07 bits per heavy atom. The average molecular weight is 403 g/mol. The van der Waals surface area contributed by atoms with Crippen molar-refractivity contribution < 1.29 is 17.9 Å². The van der Waals surface area contributed by atoms with E-state index in [0.29, 0.717) is 5.69 Å². The third-order valence-electron chi connectivity index (χ3n) is 5.16. The molecule has 2 unspecified atom stereocenters. The van der Waals surface area contributed by atoms with E-state index in [1.165, 1.54) is 19.2 Å². The number of amides is 1. The summed E-state index contributed by atoms with van der Waals surface area (Å²) >= 11 is 0. The van der Waals surface area contributed by atoms with Gasteiger partial charge in [-0.1, -0.05) is 38.0 Å². The number of carbonyl (C=O) groups excluding carboxylic acids is 1. The summed E-state index contributed by atoms with van der Waals surface area (Å²) in [6, 6.07) is 13.3. The molecule has 3 rings (SSSR count). The van der Waals surface area contributed by atoms with Gasteiger partial charge in [0.15, 0.2) is 0 Å². The molecule has 2 aromatic rings. The molecule has 0 radical (unpaired) electrons. The molecule has 1 saturated carbocycles. The van der Waals surface area contributed by atoms with Crippen molar-refractivity contribution in [3.05, 3.63) is 54.1 Å². The molecular formula is C21H26N2O4S. The lowest BCUT2D eigenvalue weighted by Gasteiger charge is -2.29. The highest BCUT2D eigenvalue weighted by Gasteiger charge is 2.29. The lowest BCUT2D eigenvalue weighted by molar-refractivity contribution is 0.102. The fourth-order valence-corrected chi connectivity index (χ4v) is 5.08. The van der Waals surface area contributed by atoms with Gasteiger partial charge in [0.05, 0.1) is 7.11 Å². The maximum absolute atomic E-state index is 13.0. The Kier molecular flexibility index (Phi) is 6.36. The summed E-state index contributed by atoms with van der Waals surface area (Å²) in [5.41, 5.74) is 0.892. The Bertz CT molecular complexity index is 929. The molecule has 0 aromatic heterocycles. The van der Waals surface area contributed by atoms with E-state index in [4.69, 9.17) is 4.74 Å². The highest BCUT2D eigenvalue weighted by atomic mass is 32.2. The monoisotopic (exact) mass is 402 g/mol. The predicted octanol–water partition coefficient (Wildman–Crippen LogP) is 3.80. The lowest BCUT2D eigenvalue weighted by atomic mass is 9.87. The van der Waals surface area contributed by atoms with Gasteiger partial charge < -0.3 is 10.1 Å². The van der Waals surface area contributed by atoms with Gasteiger partial charge in [0, 0.05) is 17.3 Å².